The van der Waals surface area contributed by atoms with Gasteiger partial charge in [0.05, 0.1) is 13.2 Å². The van der Waals surface area contributed by atoms with E-state index in [-0.39, 0.29) is 23.4 Å². The van der Waals surface area contributed by atoms with E-state index >= 15 is 0 Å². The quantitative estimate of drug-likeness (QED) is 0.268. The Bertz CT molecular complexity index is 1130. The van der Waals surface area contributed by atoms with Crippen molar-refractivity contribution >= 4 is 0 Å². The molecule has 0 spiro atoms. The Morgan fingerprint density at radius 1 is 0.486 bits per heavy atom. The van der Waals surface area contributed by atoms with Crippen LogP contribution in [0.3, 0.4) is 0 Å². The molecule has 2 aliphatic rings. The summed E-state index contributed by atoms with van der Waals surface area (Å²) in [4.78, 5) is 0. The molecule has 4 atom stereocenters. The van der Waals surface area contributed by atoms with Gasteiger partial charge in [0.1, 0.15) is 23.4 Å². The topological polar surface area (TPSA) is 34.3 Å². The zero-order valence-electron chi connectivity index (χ0n) is 19.8. The van der Waals surface area contributed by atoms with Crippen LogP contribution < -0.4 is 0 Å². The van der Waals surface area contributed by atoms with Crippen molar-refractivity contribution in [2.45, 2.75) is 36.3 Å². The highest BCUT2D eigenvalue weighted by atomic mass is 16.7. The molecule has 0 saturated carbocycles. The second-order valence-electron chi connectivity index (χ2n) is 9.59. The van der Waals surface area contributed by atoms with Gasteiger partial charge in [-0.3, -0.25) is 0 Å². The van der Waals surface area contributed by atoms with Gasteiger partial charge in [0.2, 0.25) is 0 Å². The molecule has 0 N–H and O–H groups in total. The van der Waals surface area contributed by atoms with E-state index in [0.29, 0.717) is 13.2 Å². The van der Waals surface area contributed by atoms with E-state index in [9.17, 15) is 0 Å². The average molecular weight is 463 g/mol. The Balaban J connectivity index is 1.13. The molecular formula is C32H30O3. The molecule has 3 nitrogen and oxygen atoms in total. The van der Waals surface area contributed by atoms with Gasteiger partial charge in [0.15, 0.2) is 0 Å². The van der Waals surface area contributed by atoms with Gasteiger partial charge in [-0.1, -0.05) is 121 Å². The fraction of sp³-hybridized carbons (Fsp3) is 0.250. The first kappa shape index (κ1) is 22.2. The van der Waals surface area contributed by atoms with Crippen LogP contribution in [0, 0.1) is 0 Å². The highest BCUT2D eigenvalue weighted by Crippen LogP contribution is 2.51. The van der Waals surface area contributed by atoms with Crippen molar-refractivity contribution in [1.29, 1.82) is 0 Å². The number of epoxide rings is 2. The summed E-state index contributed by atoms with van der Waals surface area (Å²) < 4.78 is 19.0. The predicted octanol–water partition coefficient (Wildman–Crippen LogP) is 6.08. The van der Waals surface area contributed by atoms with E-state index in [2.05, 4.69) is 109 Å². The van der Waals surface area contributed by atoms with Gasteiger partial charge < -0.3 is 14.2 Å². The van der Waals surface area contributed by atoms with Gasteiger partial charge in [-0.05, 0) is 22.3 Å². The average Bonchev–Trinajstić information content (AvgIpc) is 3.82. The van der Waals surface area contributed by atoms with E-state index < -0.39 is 0 Å². The third-order valence-corrected chi connectivity index (χ3v) is 7.31. The Morgan fingerprint density at radius 2 is 0.829 bits per heavy atom. The lowest BCUT2D eigenvalue weighted by atomic mass is 9.88. The van der Waals surface area contributed by atoms with Crippen LogP contribution in [0.25, 0.3) is 0 Å². The van der Waals surface area contributed by atoms with Crippen molar-refractivity contribution in [2.24, 2.45) is 0 Å². The molecule has 4 aromatic carbocycles. The van der Waals surface area contributed by atoms with Gasteiger partial charge in [-0.25, -0.2) is 0 Å². The summed E-state index contributed by atoms with van der Waals surface area (Å²) in [5.74, 6) is 0. The first-order valence-corrected chi connectivity index (χ1v) is 12.4. The molecule has 0 radical (unpaired) electrons. The van der Waals surface area contributed by atoms with E-state index in [1.165, 1.54) is 22.3 Å². The van der Waals surface area contributed by atoms with Crippen molar-refractivity contribution < 1.29 is 14.2 Å². The standard InChI is InChI=1S/C32H30O3/c1-5-13-25(14-6-1)21-31(27-17-9-3-10-18-27)29(34-31)23-33-24-30-32(35-30,28-19-11-4-12-20-28)22-26-15-7-2-8-16-26/h1-20,29-30H,21-24H2. The largest absolute Gasteiger partial charge is 0.376 e. The molecule has 2 heterocycles. The maximum Gasteiger partial charge on any atom is 0.126 e. The summed E-state index contributed by atoms with van der Waals surface area (Å²) >= 11 is 0. The lowest BCUT2D eigenvalue weighted by molar-refractivity contribution is 0.101. The second-order valence-corrected chi connectivity index (χ2v) is 9.59. The minimum absolute atomic E-state index is 0.0316. The van der Waals surface area contributed by atoms with Crippen LogP contribution in [0.4, 0.5) is 0 Å². The Labute approximate surface area is 207 Å². The van der Waals surface area contributed by atoms with Gasteiger partial charge in [0.25, 0.3) is 0 Å². The van der Waals surface area contributed by atoms with Crippen LogP contribution in [0.15, 0.2) is 121 Å². The minimum atomic E-state index is -0.326. The third-order valence-electron chi connectivity index (χ3n) is 7.31. The first-order chi connectivity index (χ1) is 17.3. The maximum atomic E-state index is 6.36. The van der Waals surface area contributed by atoms with Crippen molar-refractivity contribution in [2.75, 3.05) is 13.2 Å². The van der Waals surface area contributed by atoms with Gasteiger partial charge >= 0.3 is 0 Å². The maximum absolute atomic E-state index is 6.36. The van der Waals surface area contributed by atoms with Crippen LogP contribution in [0.5, 0.6) is 0 Å². The molecule has 0 bridgehead atoms. The van der Waals surface area contributed by atoms with Crippen LogP contribution in [-0.4, -0.2) is 25.4 Å². The summed E-state index contributed by atoms with van der Waals surface area (Å²) in [6.45, 7) is 1.11. The third kappa shape index (κ3) is 4.55. The van der Waals surface area contributed by atoms with Gasteiger partial charge in [-0.2, -0.15) is 0 Å². The minimum Gasteiger partial charge on any atom is -0.376 e. The summed E-state index contributed by atoms with van der Waals surface area (Å²) in [6.07, 6.45) is 1.75. The summed E-state index contributed by atoms with van der Waals surface area (Å²) in [5.41, 5.74) is 4.32. The van der Waals surface area contributed by atoms with Gasteiger partial charge in [-0.15, -0.1) is 0 Å². The molecule has 0 amide bonds. The first-order valence-electron chi connectivity index (χ1n) is 12.4. The summed E-state index contributed by atoms with van der Waals surface area (Å²) in [6, 6.07) is 42.2. The number of hydrogen-bond acceptors (Lipinski definition) is 3. The normalized spacial score (nSPS) is 26.9. The molecule has 35 heavy (non-hydrogen) atoms. The summed E-state index contributed by atoms with van der Waals surface area (Å²) in [5, 5.41) is 0. The van der Waals surface area contributed by atoms with Crippen molar-refractivity contribution in [1.82, 2.24) is 0 Å². The van der Waals surface area contributed by atoms with E-state index in [0.717, 1.165) is 12.8 Å². The summed E-state index contributed by atoms with van der Waals surface area (Å²) in [7, 11) is 0. The molecule has 4 unspecified atom stereocenters. The number of ether oxygens (including phenoxy) is 3. The fourth-order valence-electron chi connectivity index (χ4n) is 5.32. The zero-order chi connectivity index (χ0) is 23.6. The Kier molecular flexibility index (Phi) is 5.99. The highest BCUT2D eigenvalue weighted by molar-refractivity contribution is 5.35. The highest BCUT2D eigenvalue weighted by Gasteiger charge is 2.59. The van der Waals surface area contributed by atoms with Crippen LogP contribution >= 0.6 is 0 Å². The molecule has 0 aliphatic carbocycles. The molecular weight excluding hydrogens is 432 g/mol. The van der Waals surface area contributed by atoms with Crippen LogP contribution in [-0.2, 0) is 38.3 Å². The zero-order valence-corrected chi connectivity index (χ0v) is 19.8. The van der Waals surface area contributed by atoms with Crippen molar-refractivity contribution in [3.63, 3.8) is 0 Å². The van der Waals surface area contributed by atoms with Crippen molar-refractivity contribution in [3.8, 4) is 0 Å². The predicted molar refractivity (Wildman–Crippen MR) is 137 cm³/mol. The molecule has 2 aliphatic heterocycles. The molecule has 2 saturated heterocycles. The molecule has 6 rings (SSSR count). The number of rotatable bonds is 10. The van der Waals surface area contributed by atoms with Crippen molar-refractivity contribution in [3.05, 3.63) is 144 Å². The smallest absolute Gasteiger partial charge is 0.126 e. The molecule has 0 aromatic heterocycles. The fourth-order valence-corrected chi connectivity index (χ4v) is 5.32. The van der Waals surface area contributed by atoms with Gasteiger partial charge in [0, 0.05) is 12.8 Å². The molecule has 3 heteroatoms. The molecule has 176 valence electrons. The second kappa shape index (κ2) is 9.43. The van der Waals surface area contributed by atoms with Crippen LogP contribution in [0.2, 0.25) is 0 Å². The Morgan fingerprint density at radius 3 is 1.20 bits per heavy atom. The lowest BCUT2D eigenvalue weighted by Gasteiger charge is -2.15. The number of benzene rings is 4. The van der Waals surface area contributed by atoms with E-state index in [4.69, 9.17) is 14.2 Å². The number of hydrogen-bond donors (Lipinski definition) is 0. The molecule has 4 aromatic rings. The monoisotopic (exact) mass is 462 g/mol. The van der Waals surface area contributed by atoms with E-state index in [1.54, 1.807) is 0 Å². The lowest BCUT2D eigenvalue weighted by Crippen LogP contribution is -2.22. The van der Waals surface area contributed by atoms with E-state index in [1.807, 2.05) is 12.1 Å². The van der Waals surface area contributed by atoms with Crippen LogP contribution in [0.1, 0.15) is 22.3 Å². The Hall–Kier alpha value is -3.24. The SMILES string of the molecule is c1ccc(CC2(c3ccccc3)OC2COCC2OC2(Cc2ccccc2)c2ccccc2)cc1. The molecule has 2 fully saturated rings.